The summed E-state index contributed by atoms with van der Waals surface area (Å²) in [5.74, 6) is -0.575. The fourth-order valence-electron chi connectivity index (χ4n) is 2.41. The topological polar surface area (TPSA) is 65.1 Å². The van der Waals surface area contributed by atoms with Gasteiger partial charge in [0.05, 0.1) is 22.5 Å². The highest BCUT2D eigenvalue weighted by Gasteiger charge is 2.41. The number of amides is 1. The lowest BCUT2D eigenvalue weighted by Crippen LogP contribution is -2.41. The lowest BCUT2D eigenvalue weighted by atomic mass is 10.2. The van der Waals surface area contributed by atoms with E-state index in [1.165, 1.54) is 18.9 Å². The number of methoxy groups -OCH3 is 1. The van der Waals surface area contributed by atoms with Crippen molar-refractivity contribution in [1.82, 2.24) is 4.90 Å². The Hall–Kier alpha value is -2.08. The third-order valence-electron chi connectivity index (χ3n) is 3.46. The Morgan fingerprint density at radius 2 is 2.09 bits per heavy atom. The smallest absolute Gasteiger partial charge is 0.410 e. The molecule has 1 aromatic rings. The van der Waals surface area contributed by atoms with Crippen molar-refractivity contribution in [3.8, 4) is 0 Å². The van der Waals surface area contributed by atoms with Crippen LogP contribution in [0.2, 0.25) is 0 Å². The first-order valence-electron chi connectivity index (χ1n) is 8.03. The molecule has 1 unspecified atom stereocenters. The van der Waals surface area contributed by atoms with Gasteiger partial charge >= 0.3 is 12.1 Å². The van der Waals surface area contributed by atoms with E-state index >= 15 is 0 Å². The van der Waals surface area contributed by atoms with E-state index in [1.807, 2.05) is 30.3 Å². The summed E-state index contributed by atoms with van der Waals surface area (Å²) in [5, 5.41) is 0. The second kappa shape index (κ2) is 7.79. The van der Waals surface area contributed by atoms with Crippen LogP contribution in [0.15, 0.2) is 30.3 Å². The minimum atomic E-state index is -1.85. The van der Waals surface area contributed by atoms with Gasteiger partial charge in [0.25, 0.3) is 0 Å². The molecule has 1 aliphatic heterocycles. The first kappa shape index (κ1) is 13.6. The number of esters is 1. The Balaban J connectivity index is 2.01. The average Bonchev–Trinajstić information content (AvgIpc) is 2.94. The van der Waals surface area contributed by atoms with Crippen molar-refractivity contribution in [3.63, 3.8) is 0 Å². The van der Waals surface area contributed by atoms with Gasteiger partial charge in [-0.05, 0) is 12.5 Å². The maximum Gasteiger partial charge on any atom is 0.410 e. The fraction of sp³-hybridized carbons (Fsp3) is 0.500. The van der Waals surface area contributed by atoms with Crippen LogP contribution in [0.25, 0.3) is 0 Å². The lowest BCUT2D eigenvalue weighted by molar-refractivity contribution is -0.145. The monoisotopic (exact) mass is 309 g/mol. The van der Waals surface area contributed by atoms with Crippen molar-refractivity contribution in [1.29, 1.82) is 0 Å². The van der Waals surface area contributed by atoms with Crippen LogP contribution >= 0.6 is 0 Å². The number of ether oxygens (including phenoxy) is 3. The number of hydrogen-bond acceptors (Lipinski definition) is 5. The molecule has 0 aromatic heterocycles. The molecule has 0 saturated carbocycles. The molecule has 1 saturated heterocycles. The van der Waals surface area contributed by atoms with Gasteiger partial charge in [-0.15, -0.1) is 0 Å². The zero-order valence-electron chi connectivity index (χ0n) is 14.7. The zero-order chi connectivity index (χ0) is 17.7. The Labute approximate surface area is 132 Å². The standard InChI is InChI=1S/C16H21NO5/c1-3-21-13-9-14(15(18)20-2)17(10-13)16(19)22-11-12-7-5-4-6-8-12/h4-8,13-14H,3,9-11H2,1-2H3/t13-,14?/m1/s1/i3D2. The van der Waals surface area contributed by atoms with Crippen LogP contribution in [0.1, 0.15) is 21.6 Å². The van der Waals surface area contributed by atoms with E-state index in [4.69, 9.17) is 17.0 Å². The Bertz CT molecular complexity index is 576. The van der Waals surface area contributed by atoms with Crippen LogP contribution < -0.4 is 0 Å². The second-order valence-corrected chi connectivity index (χ2v) is 4.91. The summed E-state index contributed by atoms with van der Waals surface area (Å²) in [6, 6.07) is 8.34. The summed E-state index contributed by atoms with van der Waals surface area (Å²) in [6.45, 7) is -0.420. The van der Waals surface area contributed by atoms with Gasteiger partial charge in [0.1, 0.15) is 12.6 Å². The van der Waals surface area contributed by atoms with Gasteiger partial charge < -0.3 is 14.2 Å². The van der Waals surface area contributed by atoms with Crippen LogP contribution in [0, 0.1) is 0 Å². The van der Waals surface area contributed by atoms with Crippen LogP contribution in [0.5, 0.6) is 0 Å². The summed E-state index contributed by atoms with van der Waals surface area (Å²) in [4.78, 5) is 25.4. The van der Waals surface area contributed by atoms with Gasteiger partial charge in [0, 0.05) is 13.0 Å². The van der Waals surface area contributed by atoms with Gasteiger partial charge in [-0.1, -0.05) is 30.3 Å². The molecule has 1 aliphatic rings. The highest BCUT2D eigenvalue weighted by atomic mass is 16.6. The Morgan fingerprint density at radius 3 is 2.73 bits per heavy atom. The molecule has 1 heterocycles. The molecule has 0 radical (unpaired) electrons. The zero-order valence-corrected chi connectivity index (χ0v) is 12.7. The van der Waals surface area contributed by atoms with Crippen LogP contribution in [0.3, 0.4) is 0 Å². The SMILES string of the molecule is [2H]C([2H])(C)O[C@@H]1CC(C(=O)OC)N(C(=O)OCc2ccccc2)C1. The van der Waals surface area contributed by atoms with E-state index in [2.05, 4.69) is 0 Å². The first-order valence-corrected chi connectivity index (χ1v) is 7.03. The number of benzene rings is 1. The van der Waals surface area contributed by atoms with Crippen molar-refractivity contribution < 1.29 is 26.5 Å². The number of likely N-dealkylation sites (tertiary alicyclic amines) is 1. The predicted octanol–water partition coefficient (Wildman–Crippen LogP) is 1.98. The molecule has 22 heavy (non-hydrogen) atoms. The molecule has 1 aromatic carbocycles. The molecule has 0 spiro atoms. The van der Waals surface area contributed by atoms with E-state index in [1.54, 1.807) is 0 Å². The highest BCUT2D eigenvalue weighted by Crippen LogP contribution is 2.22. The summed E-state index contributed by atoms with van der Waals surface area (Å²) in [5.41, 5.74) is 0.831. The summed E-state index contributed by atoms with van der Waals surface area (Å²) in [6.07, 6.45) is -1.09. The van der Waals surface area contributed by atoms with Crippen molar-refractivity contribution >= 4 is 12.1 Å². The quantitative estimate of drug-likeness (QED) is 0.778. The minimum absolute atomic E-state index is 0.0702. The lowest BCUT2D eigenvalue weighted by Gasteiger charge is -2.21. The third-order valence-corrected chi connectivity index (χ3v) is 3.46. The fourth-order valence-corrected chi connectivity index (χ4v) is 2.41. The van der Waals surface area contributed by atoms with Crippen LogP contribution in [-0.2, 0) is 25.6 Å². The molecule has 0 bridgehead atoms. The van der Waals surface area contributed by atoms with Crippen molar-refractivity contribution in [3.05, 3.63) is 35.9 Å². The maximum absolute atomic E-state index is 12.3. The van der Waals surface area contributed by atoms with Crippen molar-refractivity contribution in [2.45, 2.75) is 32.1 Å². The molecule has 1 fully saturated rings. The largest absolute Gasteiger partial charge is 0.467 e. The summed E-state index contributed by atoms with van der Waals surface area (Å²) < 4.78 is 30.2. The van der Waals surface area contributed by atoms with Crippen molar-refractivity contribution in [2.24, 2.45) is 0 Å². The number of hydrogen-bond donors (Lipinski definition) is 0. The molecule has 0 aliphatic carbocycles. The summed E-state index contributed by atoms with van der Waals surface area (Å²) in [7, 11) is 1.24. The number of rotatable bonds is 5. The minimum Gasteiger partial charge on any atom is -0.467 e. The molecule has 1 amide bonds. The maximum atomic E-state index is 12.3. The molecular formula is C16H21NO5. The number of carbonyl (C=O) groups is 2. The third kappa shape index (κ3) is 3.98. The molecule has 6 heteroatoms. The van der Waals surface area contributed by atoms with Gasteiger partial charge in [-0.25, -0.2) is 9.59 Å². The van der Waals surface area contributed by atoms with Gasteiger partial charge in [-0.2, -0.15) is 0 Å². The predicted molar refractivity (Wildman–Crippen MR) is 79.2 cm³/mol. The molecular weight excluding hydrogens is 286 g/mol. The van der Waals surface area contributed by atoms with E-state index < -0.39 is 30.8 Å². The number of nitrogens with zero attached hydrogens (tertiary/aromatic N) is 1. The Kier molecular flexibility index (Phi) is 4.81. The van der Waals surface area contributed by atoms with E-state index in [0.717, 1.165) is 5.56 Å². The van der Waals surface area contributed by atoms with E-state index in [-0.39, 0.29) is 19.6 Å². The van der Waals surface area contributed by atoms with E-state index in [0.29, 0.717) is 0 Å². The average molecular weight is 309 g/mol. The molecule has 2 rings (SSSR count). The summed E-state index contributed by atoms with van der Waals surface area (Å²) >= 11 is 0. The highest BCUT2D eigenvalue weighted by molar-refractivity contribution is 5.82. The first-order chi connectivity index (χ1) is 11.3. The van der Waals surface area contributed by atoms with E-state index in [9.17, 15) is 9.59 Å². The van der Waals surface area contributed by atoms with Crippen LogP contribution in [-0.4, -0.2) is 49.3 Å². The Morgan fingerprint density at radius 1 is 1.36 bits per heavy atom. The van der Waals surface area contributed by atoms with Gasteiger partial charge in [0.15, 0.2) is 0 Å². The number of carbonyl (C=O) groups excluding carboxylic acids is 2. The van der Waals surface area contributed by atoms with Gasteiger partial charge in [-0.3, -0.25) is 4.90 Å². The molecule has 2 atom stereocenters. The molecule has 6 nitrogen and oxygen atoms in total. The van der Waals surface area contributed by atoms with Crippen LogP contribution in [0.4, 0.5) is 4.79 Å². The van der Waals surface area contributed by atoms with Crippen molar-refractivity contribution in [2.75, 3.05) is 20.2 Å². The molecule has 0 N–H and O–H groups in total. The molecule has 120 valence electrons. The second-order valence-electron chi connectivity index (χ2n) is 4.91. The van der Waals surface area contributed by atoms with Gasteiger partial charge in [0.2, 0.25) is 0 Å². The normalized spacial score (nSPS) is 22.7.